The molecule has 0 radical (unpaired) electrons. The topological polar surface area (TPSA) is 45.6 Å². The van der Waals surface area contributed by atoms with Gasteiger partial charge in [0.2, 0.25) is 11.8 Å². The maximum absolute atomic E-state index is 14.0. The van der Waals surface area contributed by atoms with Crippen molar-refractivity contribution in [1.82, 2.24) is 14.4 Å². The summed E-state index contributed by atoms with van der Waals surface area (Å²) in [7, 11) is 0. The van der Waals surface area contributed by atoms with E-state index in [1.807, 2.05) is 23.1 Å². The van der Waals surface area contributed by atoms with Gasteiger partial charge in [-0.1, -0.05) is 84.6 Å². The molecule has 1 unspecified atom stereocenters. The second-order valence-electron chi connectivity index (χ2n) is 10.8. The summed E-state index contributed by atoms with van der Waals surface area (Å²) in [6, 6.07) is 22.9. The van der Waals surface area contributed by atoms with Gasteiger partial charge in [-0.05, 0) is 68.0 Å². The standard InChI is InChI=1S/C33H42BrN3O2/c1-3-26(2)36(32(38)21-18-27-11-6-4-7-12-27)25-33(39)37(30-13-8-5-9-14-30)24-31-15-10-22-35(31)23-28-16-19-29(34)20-17-28/h4,6-7,10-12,15-17,19-20,22,26,30H,3,5,8-9,13-14,18,21,23-25H2,1-2H3. The second-order valence-corrected chi connectivity index (χ2v) is 11.7. The smallest absolute Gasteiger partial charge is 0.242 e. The highest BCUT2D eigenvalue weighted by Gasteiger charge is 2.30. The van der Waals surface area contributed by atoms with Gasteiger partial charge in [0.05, 0.1) is 6.54 Å². The number of benzene rings is 2. The Balaban J connectivity index is 1.49. The number of hydrogen-bond acceptors (Lipinski definition) is 2. The van der Waals surface area contributed by atoms with Crippen molar-refractivity contribution in [1.29, 1.82) is 0 Å². The minimum Gasteiger partial charge on any atom is -0.345 e. The van der Waals surface area contributed by atoms with E-state index < -0.39 is 0 Å². The molecule has 1 aromatic heterocycles. The van der Waals surface area contributed by atoms with Crippen LogP contribution in [0.15, 0.2) is 77.4 Å². The van der Waals surface area contributed by atoms with E-state index in [1.165, 1.54) is 12.0 Å². The molecule has 39 heavy (non-hydrogen) atoms. The lowest BCUT2D eigenvalue weighted by Crippen LogP contribution is -2.49. The third-order valence-corrected chi connectivity index (χ3v) is 8.61. The highest BCUT2D eigenvalue weighted by Crippen LogP contribution is 2.25. The highest BCUT2D eigenvalue weighted by molar-refractivity contribution is 9.10. The fourth-order valence-corrected chi connectivity index (χ4v) is 5.77. The Morgan fingerprint density at radius 1 is 0.923 bits per heavy atom. The van der Waals surface area contributed by atoms with Gasteiger partial charge in [-0.3, -0.25) is 9.59 Å². The zero-order valence-corrected chi connectivity index (χ0v) is 25.0. The fraction of sp³-hybridized carbons (Fsp3) is 0.455. The Morgan fingerprint density at radius 2 is 1.64 bits per heavy atom. The Bertz CT molecular complexity index is 1190. The number of halogens is 1. The van der Waals surface area contributed by atoms with Gasteiger partial charge in [0.15, 0.2) is 0 Å². The Morgan fingerprint density at radius 3 is 2.33 bits per heavy atom. The molecule has 2 aromatic carbocycles. The first kappa shape index (κ1) is 29.1. The Hall–Kier alpha value is -2.86. The van der Waals surface area contributed by atoms with E-state index in [2.05, 4.69) is 94.0 Å². The summed E-state index contributed by atoms with van der Waals surface area (Å²) in [6.07, 6.45) is 9.63. The van der Waals surface area contributed by atoms with Crippen LogP contribution in [0.1, 0.15) is 75.6 Å². The van der Waals surface area contributed by atoms with Crippen LogP contribution in [0.5, 0.6) is 0 Å². The van der Waals surface area contributed by atoms with E-state index in [4.69, 9.17) is 0 Å². The first-order chi connectivity index (χ1) is 18.9. The Kier molecular flexibility index (Phi) is 10.8. The number of nitrogens with zero attached hydrogens (tertiary/aromatic N) is 3. The fourth-order valence-electron chi connectivity index (χ4n) is 5.51. The van der Waals surface area contributed by atoms with Crippen LogP contribution in [-0.2, 0) is 29.1 Å². The van der Waals surface area contributed by atoms with Gasteiger partial charge in [-0.15, -0.1) is 0 Å². The average Bonchev–Trinajstić information content (AvgIpc) is 3.41. The molecule has 1 aliphatic rings. The van der Waals surface area contributed by atoms with Crippen LogP contribution in [0, 0.1) is 0 Å². The van der Waals surface area contributed by atoms with Gasteiger partial charge in [0.25, 0.3) is 0 Å². The molecule has 0 spiro atoms. The summed E-state index contributed by atoms with van der Waals surface area (Å²) in [5.41, 5.74) is 3.50. The molecule has 1 fully saturated rings. The van der Waals surface area contributed by atoms with Crippen molar-refractivity contribution in [3.8, 4) is 0 Å². The summed E-state index contributed by atoms with van der Waals surface area (Å²) in [5.74, 6) is 0.121. The molecule has 0 N–H and O–H groups in total. The van der Waals surface area contributed by atoms with E-state index in [-0.39, 0.29) is 30.4 Å². The van der Waals surface area contributed by atoms with Crippen molar-refractivity contribution < 1.29 is 9.59 Å². The predicted molar refractivity (Wildman–Crippen MR) is 161 cm³/mol. The summed E-state index contributed by atoms with van der Waals surface area (Å²) in [5, 5.41) is 0. The molecule has 1 aliphatic carbocycles. The lowest BCUT2D eigenvalue weighted by Gasteiger charge is -2.37. The number of carbonyl (C=O) groups is 2. The monoisotopic (exact) mass is 591 g/mol. The Labute approximate surface area is 242 Å². The van der Waals surface area contributed by atoms with Gasteiger partial charge >= 0.3 is 0 Å². The maximum atomic E-state index is 14.0. The molecule has 5 nitrogen and oxygen atoms in total. The second kappa shape index (κ2) is 14.5. The zero-order chi connectivity index (χ0) is 27.6. The van der Waals surface area contributed by atoms with E-state index in [0.717, 1.165) is 54.4 Å². The molecule has 0 bridgehead atoms. The summed E-state index contributed by atoms with van der Waals surface area (Å²) < 4.78 is 3.31. The van der Waals surface area contributed by atoms with E-state index in [9.17, 15) is 9.59 Å². The van der Waals surface area contributed by atoms with Crippen molar-refractivity contribution in [2.45, 2.75) is 90.4 Å². The summed E-state index contributed by atoms with van der Waals surface area (Å²) in [6.45, 7) is 5.62. The van der Waals surface area contributed by atoms with Crippen LogP contribution in [0.2, 0.25) is 0 Å². The molecule has 0 saturated heterocycles. The van der Waals surface area contributed by atoms with Crippen molar-refractivity contribution in [2.24, 2.45) is 0 Å². The molecule has 208 valence electrons. The molecular formula is C33H42BrN3O2. The molecule has 3 aromatic rings. The molecule has 2 amide bonds. The molecule has 6 heteroatoms. The lowest BCUT2D eigenvalue weighted by molar-refractivity contribution is -0.144. The molecule has 4 rings (SSSR count). The third kappa shape index (κ3) is 8.31. The van der Waals surface area contributed by atoms with Crippen LogP contribution >= 0.6 is 15.9 Å². The van der Waals surface area contributed by atoms with Gasteiger partial charge in [-0.2, -0.15) is 0 Å². The SMILES string of the molecule is CCC(C)N(CC(=O)N(Cc1cccn1Cc1ccc(Br)cc1)C1CCCCC1)C(=O)CCc1ccccc1. The number of amides is 2. The van der Waals surface area contributed by atoms with Crippen molar-refractivity contribution in [2.75, 3.05) is 6.54 Å². The number of rotatable bonds is 12. The van der Waals surface area contributed by atoms with E-state index >= 15 is 0 Å². The average molecular weight is 593 g/mol. The van der Waals surface area contributed by atoms with Crippen LogP contribution in [0.4, 0.5) is 0 Å². The number of aromatic nitrogens is 1. The van der Waals surface area contributed by atoms with Gasteiger partial charge in [0.1, 0.15) is 6.54 Å². The quantitative estimate of drug-likeness (QED) is 0.223. The van der Waals surface area contributed by atoms with E-state index in [0.29, 0.717) is 19.4 Å². The van der Waals surface area contributed by atoms with Crippen molar-refractivity contribution >= 4 is 27.7 Å². The van der Waals surface area contributed by atoms with E-state index in [1.54, 1.807) is 0 Å². The minimum atomic E-state index is 0.0201. The number of aryl methyl sites for hydroxylation is 1. The lowest BCUT2D eigenvalue weighted by atomic mass is 9.94. The summed E-state index contributed by atoms with van der Waals surface area (Å²) in [4.78, 5) is 31.3. The maximum Gasteiger partial charge on any atom is 0.242 e. The normalized spacial score (nSPS) is 14.6. The number of carbonyl (C=O) groups excluding carboxylic acids is 2. The molecule has 1 saturated carbocycles. The molecule has 1 heterocycles. The molecule has 1 atom stereocenters. The van der Waals surface area contributed by atoms with Crippen molar-refractivity contribution in [3.63, 3.8) is 0 Å². The van der Waals surface area contributed by atoms with Gasteiger partial charge in [0, 0.05) is 41.4 Å². The van der Waals surface area contributed by atoms with Crippen LogP contribution in [-0.4, -0.2) is 44.8 Å². The van der Waals surface area contributed by atoms with Gasteiger partial charge in [-0.25, -0.2) is 0 Å². The van der Waals surface area contributed by atoms with Crippen molar-refractivity contribution in [3.05, 3.63) is 94.2 Å². The third-order valence-electron chi connectivity index (χ3n) is 8.08. The highest BCUT2D eigenvalue weighted by atomic mass is 79.9. The minimum absolute atomic E-state index is 0.0201. The number of hydrogen-bond donors (Lipinski definition) is 0. The van der Waals surface area contributed by atoms with Crippen LogP contribution in [0.25, 0.3) is 0 Å². The molecule has 0 aliphatic heterocycles. The van der Waals surface area contributed by atoms with Crippen LogP contribution in [0.3, 0.4) is 0 Å². The predicted octanol–water partition coefficient (Wildman–Crippen LogP) is 7.22. The summed E-state index contributed by atoms with van der Waals surface area (Å²) >= 11 is 3.52. The van der Waals surface area contributed by atoms with Gasteiger partial charge < -0.3 is 14.4 Å². The first-order valence-electron chi connectivity index (χ1n) is 14.5. The molecular weight excluding hydrogens is 550 g/mol. The largest absolute Gasteiger partial charge is 0.345 e. The van der Waals surface area contributed by atoms with Crippen LogP contribution < -0.4 is 0 Å². The zero-order valence-electron chi connectivity index (χ0n) is 23.4. The first-order valence-corrected chi connectivity index (χ1v) is 15.2.